The molecule has 1 aromatic heterocycles. The average molecular weight is 358 g/mol. The van der Waals surface area contributed by atoms with Gasteiger partial charge in [0.2, 0.25) is 5.91 Å². The monoisotopic (exact) mass is 358 g/mol. The van der Waals surface area contributed by atoms with Gasteiger partial charge in [-0.1, -0.05) is 6.07 Å². The minimum atomic E-state index is 0.259. The summed E-state index contributed by atoms with van der Waals surface area (Å²) in [7, 11) is 0. The molecule has 6 heteroatoms. The molecule has 3 heterocycles. The molecule has 0 saturated carbocycles. The van der Waals surface area contributed by atoms with E-state index in [-0.39, 0.29) is 5.91 Å². The van der Waals surface area contributed by atoms with Crippen LogP contribution in [0.25, 0.3) is 0 Å². The minimum Gasteiger partial charge on any atom is -0.486 e. The number of hydrogen-bond donors (Lipinski definition) is 0. The predicted molar refractivity (Wildman–Crippen MR) is 98.9 cm³/mol. The third-order valence-electron chi connectivity index (χ3n) is 4.69. The summed E-state index contributed by atoms with van der Waals surface area (Å²) in [5.74, 6) is 1.89. The van der Waals surface area contributed by atoms with E-state index < -0.39 is 0 Å². The lowest BCUT2D eigenvalue weighted by Crippen LogP contribution is -2.48. The van der Waals surface area contributed by atoms with Crippen LogP contribution < -0.4 is 14.4 Å². The van der Waals surface area contributed by atoms with Crippen molar-refractivity contribution >= 4 is 22.9 Å². The highest BCUT2D eigenvalue weighted by atomic mass is 32.1. The Bertz CT molecular complexity index is 724. The van der Waals surface area contributed by atoms with Gasteiger partial charge in [0.05, 0.1) is 0 Å². The molecular formula is C19H22N2O3S. The van der Waals surface area contributed by atoms with Crippen LogP contribution in [0.4, 0.5) is 5.69 Å². The van der Waals surface area contributed by atoms with Gasteiger partial charge in [-0.3, -0.25) is 4.79 Å². The molecule has 0 aliphatic carbocycles. The third-order valence-corrected chi connectivity index (χ3v) is 5.62. The second-order valence-corrected chi connectivity index (χ2v) is 7.31. The number of thiophene rings is 1. The molecule has 0 spiro atoms. The molecule has 132 valence electrons. The van der Waals surface area contributed by atoms with E-state index in [0.717, 1.165) is 49.8 Å². The van der Waals surface area contributed by atoms with E-state index in [0.29, 0.717) is 19.6 Å². The van der Waals surface area contributed by atoms with Crippen LogP contribution in [0.5, 0.6) is 11.5 Å². The van der Waals surface area contributed by atoms with Crippen LogP contribution in [0.1, 0.15) is 11.3 Å². The van der Waals surface area contributed by atoms with Gasteiger partial charge < -0.3 is 19.3 Å². The van der Waals surface area contributed by atoms with Gasteiger partial charge in [-0.15, -0.1) is 11.3 Å². The number of benzene rings is 1. The molecule has 1 amide bonds. The number of ether oxygens (including phenoxy) is 2. The van der Waals surface area contributed by atoms with Crippen LogP contribution in [-0.4, -0.2) is 50.2 Å². The van der Waals surface area contributed by atoms with Crippen LogP contribution in [0.15, 0.2) is 35.7 Å². The highest BCUT2D eigenvalue weighted by Crippen LogP contribution is 2.34. The Morgan fingerprint density at radius 2 is 1.84 bits per heavy atom. The fourth-order valence-corrected chi connectivity index (χ4v) is 3.99. The van der Waals surface area contributed by atoms with Gasteiger partial charge in [0.1, 0.15) is 13.2 Å². The van der Waals surface area contributed by atoms with Crippen LogP contribution in [-0.2, 0) is 11.2 Å². The van der Waals surface area contributed by atoms with Crippen LogP contribution in [0.2, 0.25) is 0 Å². The zero-order valence-electron chi connectivity index (χ0n) is 14.1. The van der Waals surface area contributed by atoms with Crippen molar-refractivity contribution in [2.45, 2.75) is 12.8 Å². The Labute approximate surface area is 151 Å². The van der Waals surface area contributed by atoms with Crippen LogP contribution >= 0.6 is 11.3 Å². The number of rotatable bonds is 4. The molecule has 2 aliphatic rings. The fraction of sp³-hybridized carbons (Fsp3) is 0.421. The first-order chi connectivity index (χ1) is 12.3. The van der Waals surface area contributed by atoms with E-state index in [4.69, 9.17) is 9.47 Å². The second kappa shape index (κ2) is 7.35. The Morgan fingerprint density at radius 1 is 1.04 bits per heavy atom. The first kappa shape index (κ1) is 16.3. The largest absolute Gasteiger partial charge is 0.486 e. The van der Waals surface area contributed by atoms with Gasteiger partial charge in [0.15, 0.2) is 11.5 Å². The highest BCUT2D eigenvalue weighted by molar-refractivity contribution is 7.09. The minimum absolute atomic E-state index is 0.259. The number of carbonyl (C=O) groups is 1. The molecule has 2 aromatic rings. The first-order valence-corrected chi connectivity index (χ1v) is 9.62. The zero-order valence-corrected chi connectivity index (χ0v) is 15.0. The van der Waals surface area contributed by atoms with Crippen molar-refractivity contribution in [2.75, 3.05) is 44.3 Å². The van der Waals surface area contributed by atoms with E-state index in [1.165, 1.54) is 4.88 Å². The van der Waals surface area contributed by atoms with Gasteiger partial charge in [-0.05, 0) is 30.0 Å². The second-order valence-electron chi connectivity index (χ2n) is 6.28. The number of hydrogen-bond acceptors (Lipinski definition) is 5. The Kier molecular flexibility index (Phi) is 4.78. The Morgan fingerprint density at radius 3 is 2.60 bits per heavy atom. The zero-order chi connectivity index (χ0) is 17.1. The molecule has 4 rings (SSSR count). The molecular weight excluding hydrogens is 336 g/mol. The number of amides is 1. The summed E-state index contributed by atoms with van der Waals surface area (Å²) in [6, 6.07) is 10.2. The number of carbonyl (C=O) groups excluding carboxylic acids is 1. The predicted octanol–water partition coefficient (Wildman–Crippen LogP) is 2.80. The summed E-state index contributed by atoms with van der Waals surface area (Å²) in [6.07, 6.45) is 1.45. The lowest BCUT2D eigenvalue weighted by molar-refractivity contribution is -0.131. The molecule has 1 saturated heterocycles. The summed E-state index contributed by atoms with van der Waals surface area (Å²) in [6.45, 7) is 4.46. The third kappa shape index (κ3) is 3.74. The molecule has 0 N–H and O–H groups in total. The molecule has 0 radical (unpaired) electrons. The Balaban J connectivity index is 1.31. The smallest absolute Gasteiger partial charge is 0.223 e. The van der Waals surface area contributed by atoms with E-state index in [1.54, 1.807) is 11.3 Å². The first-order valence-electron chi connectivity index (χ1n) is 8.74. The molecule has 0 unspecified atom stereocenters. The fourth-order valence-electron chi connectivity index (χ4n) is 3.29. The number of nitrogens with zero attached hydrogens (tertiary/aromatic N) is 2. The molecule has 1 fully saturated rings. The number of fused-ring (bicyclic) bond motifs is 1. The average Bonchev–Trinajstić information content (AvgIpc) is 3.19. The lowest BCUT2D eigenvalue weighted by atomic mass is 10.2. The summed E-state index contributed by atoms with van der Waals surface area (Å²) in [5.41, 5.74) is 1.13. The molecule has 2 aliphatic heterocycles. The van der Waals surface area contributed by atoms with Crippen LogP contribution in [0, 0.1) is 0 Å². The van der Waals surface area contributed by atoms with Crippen molar-refractivity contribution in [3.05, 3.63) is 40.6 Å². The lowest BCUT2D eigenvalue weighted by Gasteiger charge is -2.36. The van der Waals surface area contributed by atoms with E-state index in [2.05, 4.69) is 22.4 Å². The van der Waals surface area contributed by atoms with Gasteiger partial charge in [0.25, 0.3) is 0 Å². The van der Waals surface area contributed by atoms with Gasteiger partial charge in [-0.2, -0.15) is 0 Å². The molecule has 0 bridgehead atoms. The van der Waals surface area contributed by atoms with Gasteiger partial charge in [-0.25, -0.2) is 0 Å². The maximum absolute atomic E-state index is 12.4. The van der Waals surface area contributed by atoms with E-state index in [9.17, 15) is 4.79 Å². The normalized spacial score (nSPS) is 16.8. The van der Waals surface area contributed by atoms with Crippen LogP contribution in [0.3, 0.4) is 0 Å². The highest BCUT2D eigenvalue weighted by Gasteiger charge is 2.22. The number of piperazine rings is 1. The summed E-state index contributed by atoms with van der Waals surface area (Å²) in [4.78, 5) is 18.0. The molecule has 5 nitrogen and oxygen atoms in total. The SMILES string of the molecule is O=C(CCc1cccs1)N1CCN(c2ccc3c(c2)OCCO3)CC1. The quantitative estimate of drug-likeness (QED) is 0.843. The number of aryl methyl sites for hydroxylation is 1. The maximum atomic E-state index is 12.4. The van der Waals surface area contributed by atoms with Gasteiger partial charge in [0, 0.05) is 49.2 Å². The molecule has 25 heavy (non-hydrogen) atoms. The standard InChI is InChI=1S/C19H22N2O3S/c22-19(6-4-16-2-1-13-25-16)21-9-7-20(8-10-21)15-3-5-17-18(14-15)24-12-11-23-17/h1-3,5,13-14H,4,6-12H2. The van der Waals surface area contributed by atoms with Crippen molar-refractivity contribution in [1.82, 2.24) is 4.90 Å². The topological polar surface area (TPSA) is 42.0 Å². The number of anilines is 1. The van der Waals surface area contributed by atoms with Crippen molar-refractivity contribution in [2.24, 2.45) is 0 Å². The van der Waals surface area contributed by atoms with Crippen molar-refractivity contribution < 1.29 is 14.3 Å². The maximum Gasteiger partial charge on any atom is 0.223 e. The van der Waals surface area contributed by atoms with Gasteiger partial charge >= 0.3 is 0 Å². The summed E-state index contributed by atoms with van der Waals surface area (Å²) in [5, 5.41) is 2.06. The Hall–Kier alpha value is -2.21. The summed E-state index contributed by atoms with van der Waals surface area (Å²) < 4.78 is 11.2. The molecule has 0 atom stereocenters. The van der Waals surface area contributed by atoms with E-state index >= 15 is 0 Å². The summed E-state index contributed by atoms with van der Waals surface area (Å²) >= 11 is 1.72. The van der Waals surface area contributed by atoms with Crippen molar-refractivity contribution in [3.63, 3.8) is 0 Å². The van der Waals surface area contributed by atoms with E-state index in [1.807, 2.05) is 23.1 Å². The van der Waals surface area contributed by atoms with Crippen molar-refractivity contribution in [3.8, 4) is 11.5 Å². The van der Waals surface area contributed by atoms with Crippen molar-refractivity contribution in [1.29, 1.82) is 0 Å². The molecule has 1 aromatic carbocycles.